The van der Waals surface area contributed by atoms with E-state index in [1.807, 2.05) is 13.0 Å². The van der Waals surface area contributed by atoms with E-state index in [2.05, 4.69) is 15.5 Å². The molecule has 0 saturated carbocycles. The van der Waals surface area contributed by atoms with Gasteiger partial charge in [0, 0.05) is 23.8 Å². The Balaban J connectivity index is 1.46. The van der Waals surface area contributed by atoms with Gasteiger partial charge in [0.25, 0.3) is 11.8 Å². The summed E-state index contributed by atoms with van der Waals surface area (Å²) < 4.78 is 5.12. The zero-order valence-electron chi connectivity index (χ0n) is 14.8. The summed E-state index contributed by atoms with van der Waals surface area (Å²) in [6.45, 7) is 5.12. The van der Waals surface area contributed by atoms with Crippen LogP contribution in [0.25, 0.3) is 0 Å². The van der Waals surface area contributed by atoms with Gasteiger partial charge in [0.05, 0.1) is 6.26 Å². The van der Waals surface area contributed by atoms with E-state index in [0.717, 1.165) is 38.0 Å². The van der Waals surface area contributed by atoms with Crippen molar-refractivity contribution >= 4 is 17.5 Å². The fourth-order valence-corrected chi connectivity index (χ4v) is 3.87. The number of rotatable bonds is 4. The average molecular weight is 353 g/mol. The standard InChI is InChI=1S/C20H23N3O3/c1-13-4-5-15(11-16(13)21-20(25)18-3-2-10-26-18)19(24)22-17-12-23-8-6-14(17)7-9-23/h2-5,10-11,14,17H,6-9,12H2,1H3,(H,21,25)(H,22,24)/t17-/m0/s1. The minimum Gasteiger partial charge on any atom is -0.459 e. The normalized spacial score (nSPS) is 24.3. The highest BCUT2D eigenvalue weighted by Gasteiger charge is 2.34. The summed E-state index contributed by atoms with van der Waals surface area (Å²) in [5.74, 6) is 0.407. The molecule has 3 aliphatic heterocycles. The molecule has 26 heavy (non-hydrogen) atoms. The van der Waals surface area contributed by atoms with Crippen molar-refractivity contribution in [2.24, 2.45) is 5.92 Å². The molecule has 3 saturated heterocycles. The molecule has 5 rings (SSSR count). The Kier molecular flexibility index (Phi) is 4.51. The molecule has 0 radical (unpaired) electrons. The molecule has 0 spiro atoms. The summed E-state index contributed by atoms with van der Waals surface area (Å²) in [6, 6.07) is 8.87. The van der Waals surface area contributed by atoms with Crippen molar-refractivity contribution < 1.29 is 14.0 Å². The predicted octanol–water partition coefficient (Wildman–Crippen LogP) is 2.66. The molecule has 136 valence electrons. The number of benzene rings is 1. The van der Waals surface area contributed by atoms with Gasteiger partial charge in [0.2, 0.25) is 0 Å². The largest absolute Gasteiger partial charge is 0.459 e. The number of carbonyl (C=O) groups is 2. The topological polar surface area (TPSA) is 74.6 Å². The first-order valence-electron chi connectivity index (χ1n) is 9.09. The second kappa shape index (κ2) is 6.96. The summed E-state index contributed by atoms with van der Waals surface area (Å²) in [5.41, 5.74) is 2.07. The maximum Gasteiger partial charge on any atom is 0.291 e. The van der Waals surface area contributed by atoms with Crippen LogP contribution in [0.15, 0.2) is 41.0 Å². The van der Waals surface area contributed by atoms with Crippen LogP contribution in [-0.2, 0) is 0 Å². The van der Waals surface area contributed by atoms with Crippen molar-refractivity contribution in [3.8, 4) is 0 Å². The summed E-state index contributed by atoms with van der Waals surface area (Å²) >= 11 is 0. The lowest BCUT2D eigenvalue weighted by molar-refractivity contribution is 0.0620. The number of piperidine rings is 3. The minimum atomic E-state index is -0.326. The van der Waals surface area contributed by atoms with E-state index in [-0.39, 0.29) is 23.6 Å². The van der Waals surface area contributed by atoms with Gasteiger partial charge in [0.1, 0.15) is 0 Å². The third-order valence-electron chi connectivity index (χ3n) is 5.47. The molecule has 6 nitrogen and oxygen atoms in total. The fourth-order valence-electron chi connectivity index (χ4n) is 3.87. The predicted molar refractivity (Wildman–Crippen MR) is 98.3 cm³/mol. The lowest BCUT2D eigenvalue weighted by atomic mass is 9.84. The SMILES string of the molecule is Cc1ccc(C(=O)N[C@H]2CN3CCC2CC3)cc1NC(=O)c1ccco1. The van der Waals surface area contributed by atoms with E-state index in [1.54, 1.807) is 24.3 Å². The summed E-state index contributed by atoms with van der Waals surface area (Å²) in [5, 5.41) is 6.00. The quantitative estimate of drug-likeness (QED) is 0.886. The van der Waals surface area contributed by atoms with Crippen LogP contribution in [0.1, 0.15) is 39.3 Å². The molecule has 2 bridgehead atoms. The summed E-state index contributed by atoms with van der Waals surface area (Å²) in [6.07, 6.45) is 3.77. The zero-order valence-corrected chi connectivity index (χ0v) is 14.8. The molecule has 1 atom stereocenters. The van der Waals surface area contributed by atoms with Crippen LogP contribution in [0.2, 0.25) is 0 Å². The molecular formula is C20H23N3O3. The van der Waals surface area contributed by atoms with Crippen LogP contribution in [0.5, 0.6) is 0 Å². The molecule has 2 amide bonds. The zero-order chi connectivity index (χ0) is 18.1. The Morgan fingerprint density at radius 3 is 2.62 bits per heavy atom. The van der Waals surface area contributed by atoms with Crippen LogP contribution in [0.4, 0.5) is 5.69 Å². The van der Waals surface area contributed by atoms with Gasteiger partial charge in [0.15, 0.2) is 5.76 Å². The summed E-state index contributed by atoms with van der Waals surface area (Å²) in [7, 11) is 0. The van der Waals surface area contributed by atoms with Crippen molar-refractivity contribution in [1.29, 1.82) is 0 Å². The molecule has 3 fully saturated rings. The van der Waals surface area contributed by atoms with Crippen molar-refractivity contribution in [3.05, 3.63) is 53.5 Å². The number of hydrogen-bond donors (Lipinski definition) is 2. The van der Waals surface area contributed by atoms with E-state index in [0.29, 0.717) is 17.2 Å². The van der Waals surface area contributed by atoms with Crippen LogP contribution in [-0.4, -0.2) is 42.4 Å². The number of anilines is 1. The van der Waals surface area contributed by atoms with Crippen molar-refractivity contribution in [3.63, 3.8) is 0 Å². The second-order valence-electron chi connectivity index (χ2n) is 7.18. The first-order valence-corrected chi connectivity index (χ1v) is 9.09. The monoisotopic (exact) mass is 353 g/mol. The van der Waals surface area contributed by atoms with E-state index >= 15 is 0 Å². The number of amides is 2. The molecule has 3 aliphatic rings. The minimum absolute atomic E-state index is 0.0859. The maximum absolute atomic E-state index is 12.7. The van der Waals surface area contributed by atoms with E-state index < -0.39 is 0 Å². The molecule has 2 aromatic rings. The number of carbonyl (C=O) groups excluding carboxylic acids is 2. The number of hydrogen-bond acceptors (Lipinski definition) is 4. The average Bonchev–Trinajstić information content (AvgIpc) is 3.19. The van der Waals surface area contributed by atoms with Crippen LogP contribution < -0.4 is 10.6 Å². The Morgan fingerprint density at radius 1 is 1.15 bits per heavy atom. The van der Waals surface area contributed by atoms with E-state index in [1.165, 1.54) is 6.26 Å². The lowest BCUT2D eigenvalue weighted by Gasteiger charge is -2.44. The molecule has 1 aromatic carbocycles. The van der Waals surface area contributed by atoms with Crippen LogP contribution in [0, 0.1) is 12.8 Å². The summed E-state index contributed by atoms with van der Waals surface area (Å²) in [4.78, 5) is 27.3. The van der Waals surface area contributed by atoms with E-state index in [9.17, 15) is 9.59 Å². The van der Waals surface area contributed by atoms with Crippen molar-refractivity contribution in [1.82, 2.24) is 10.2 Å². The van der Waals surface area contributed by atoms with E-state index in [4.69, 9.17) is 4.42 Å². The molecule has 6 heteroatoms. The van der Waals surface area contributed by atoms with Gasteiger partial charge in [-0.15, -0.1) is 0 Å². The van der Waals surface area contributed by atoms with Crippen LogP contribution in [0.3, 0.4) is 0 Å². The third-order valence-corrected chi connectivity index (χ3v) is 5.47. The Morgan fingerprint density at radius 2 is 1.96 bits per heavy atom. The van der Waals surface area contributed by atoms with Crippen molar-refractivity contribution in [2.45, 2.75) is 25.8 Å². The fraction of sp³-hybridized carbons (Fsp3) is 0.400. The Bertz CT molecular complexity index is 808. The van der Waals surface area contributed by atoms with Crippen molar-refractivity contribution in [2.75, 3.05) is 25.0 Å². The van der Waals surface area contributed by atoms with Gasteiger partial charge in [-0.05, 0) is 68.6 Å². The molecular weight excluding hydrogens is 330 g/mol. The molecule has 0 aliphatic carbocycles. The first-order chi connectivity index (χ1) is 12.6. The first kappa shape index (κ1) is 16.8. The molecule has 2 N–H and O–H groups in total. The van der Waals surface area contributed by atoms with Gasteiger partial charge in [-0.2, -0.15) is 0 Å². The molecule has 0 unspecified atom stereocenters. The maximum atomic E-state index is 12.7. The van der Waals surface area contributed by atoms with Crippen LogP contribution >= 0.6 is 0 Å². The number of furan rings is 1. The number of aryl methyl sites for hydroxylation is 1. The third kappa shape index (κ3) is 3.37. The smallest absolute Gasteiger partial charge is 0.291 e. The Labute approximate surface area is 152 Å². The highest BCUT2D eigenvalue weighted by atomic mass is 16.3. The number of nitrogens with one attached hydrogen (secondary N) is 2. The molecule has 4 heterocycles. The number of fused-ring (bicyclic) bond motifs is 3. The van der Waals surface area contributed by atoms with Gasteiger partial charge in [-0.3, -0.25) is 9.59 Å². The van der Waals surface area contributed by atoms with Gasteiger partial charge < -0.3 is 20.0 Å². The lowest BCUT2D eigenvalue weighted by Crippen LogP contribution is -2.57. The Hall–Kier alpha value is -2.60. The highest BCUT2D eigenvalue weighted by molar-refractivity contribution is 6.04. The highest BCUT2D eigenvalue weighted by Crippen LogP contribution is 2.28. The second-order valence-corrected chi connectivity index (χ2v) is 7.18. The molecule has 1 aromatic heterocycles. The van der Waals surface area contributed by atoms with Gasteiger partial charge in [-0.25, -0.2) is 0 Å². The number of nitrogens with zero attached hydrogens (tertiary/aromatic N) is 1. The van der Waals surface area contributed by atoms with Gasteiger partial charge in [-0.1, -0.05) is 6.07 Å². The van der Waals surface area contributed by atoms with Gasteiger partial charge >= 0.3 is 0 Å².